The molecule has 0 aliphatic carbocycles. The first-order valence-corrected chi connectivity index (χ1v) is 7.02. The van der Waals surface area contributed by atoms with Crippen LogP contribution in [0.1, 0.15) is 33.3 Å². The number of aromatic nitrogens is 3. The fraction of sp³-hybridized carbons (Fsp3) is 0.267. The van der Waals surface area contributed by atoms with Gasteiger partial charge in [-0.2, -0.15) is 13.2 Å². The molecule has 0 atom stereocenters. The second-order valence-corrected chi connectivity index (χ2v) is 5.27. The quantitative estimate of drug-likeness (QED) is 0.797. The van der Waals surface area contributed by atoms with Crippen LogP contribution >= 0.6 is 0 Å². The van der Waals surface area contributed by atoms with Crippen molar-refractivity contribution in [1.29, 1.82) is 0 Å². The Morgan fingerprint density at radius 2 is 2.04 bits per heavy atom. The highest BCUT2D eigenvalue weighted by atomic mass is 19.4. The van der Waals surface area contributed by atoms with Gasteiger partial charge in [-0.1, -0.05) is 0 Å². The second-order valence-electron chi connectivity index (χ2n) is 5.27. The van der Waals surface area contributed by atoms with Crippen molar-refractivity contribution in [2.45, 2.75) is 26.6 Å². The third-order valence-corrected chi connectivity index (χ3v) is 3.49. The summed E-state index contributed by atoms with van der Waals surface area (Å²) in [5, 5.41) is 10.2. The van der Waals surface area contributed by atoms with Gasteiger partial charge >= 0.3 is 6.18 Å². The van der Waals surface area contributed by atoms with E-state index in [1.54, 1.807) is 19.9 Å². The number of hydrogen-bond acceptors (Lipinski definition) is 4. The number of aryl methyl sites for hydroxylation is 2. The molecule has 6 nitrogen and oxygen atoms in total. The van der Waals surface area contributed by atoms with E-state index in [0.29, 0.717) is 17.1 Å². The highest BCUT2D eigenvalue weighted by molar-refractivity contribution is 5.95. The van der Waals surface area contributed by atoms with Gasteiger partial charge in [0.05, 0.1) is 17.7 Å². The van der Waals surface area contributed by atoms with Crippen LogP contribution in [0.2, 0.25) is 0 Å². The predicted octanol–water partition coefficient (Wildman–Crippen LogP) is 2.89. The molecule has 0 aliphatic heterocycles. The van der Waals surface area contributed by atoms with Gasteiger partial charge in [0.25, 0.3) is 5.91 Å². The number of nitrogens with zero attached hydrogens (tertiary/aromatic N) is 3. The minimum absolute atomic E-state index is 0.0645. The van der Waals surface area contributed by atoms with Gasteiger partial charge in [0, 0.05) is 6.20 Å². The van der Waals surface area contributed by atoms with Crippen molar-refractivity contribution in [1.82, 2.24) is 19.9 Å². The summed E-state index contributed by atoms with van der Waals surface area (Å²) in [5.41, 5.74) is -0.177. The molecule has 0 radical (unpaired) electrons. The van der Waals surface area contributed by atoms with E-state index in [1.165, 1.54) is 10.5 Å². The van der Waals surface area contributed by atoms with E-state index in [2.05, 4.69) is 15.5 Å². The Hall–Kier alpha value is -2.84. The average molecular weight is 338 g/mol. The van der Waals surface area contributed by atoms with Crippen molar-refractivity contribution in [3.8, 4) is 0 Å². The van der Waals surface area contributed by atoms with Crippen LogP contribution in [-0.4, -0.2) is 20.5 Å². The third kappa shape index (κ3) is 2.97. The summed E-state index contributed by atoms with van der Waals surface area (Å²) >= 11 is 0. The van der Waals surface area contributed by atoms with Crippen molar-refractivity contribution in [2.24, 2.45) is 0 Å². The summed E-state index contributed by atoms with van der Waals surface area (Å²) in [6.07, 6.45) is -3.56. The molecule has 0 fully saturated rings. The minimum atomic E-state index is -4.47. The van der Waals surface area contributed by atoms with Crippen LogP contribution in [0.15, 0.2) is 28.8 Å². The molecule has 3 rings (SSSR count). The topological polar surface area (TPSA) is 72.4 Å². The number of carbonyl (C=O) groups excluding carboxylic acids is 1. The van der Waals surface area contributed by atoms with Gasteiger partial charge in [-0.15, -0.1) is 10.2 Å². The lowest BCUT2D eigenvalue weighted by Crippen LogP contribution is -2.24. The molecule has 126 valence electrons. The number of hydrogen-bond donors (Lipinski definition) is 1. The number of carbonyl (C=O) groups is 1. The summed E-state index contributed by atoms with van der Waals surface area (Å²) in [6, 6.07) is 3.75. The molecule has 3 aromatic heterocycles. The fourth-order valence-electron chi connectivity index (χ4n) is 2.34. The number of halogens is 3. The molecule has 0 aliphatic rings. The van der Waals surface area contributed by atoms with E-state index < -0.39 is 17.6 Å². The molecule has 1 N–H and O–H groups in total. The number of furan rings is 1. The average Bonchev–Trinajstić information content (AvgIpc) is 3.06. The van der Waals surface area contributed by atoms with Gasteiger partial charge in [0.1, 0.15) is 11.5 Å². The summed E-state index contributed by atoms with van der Waals surface area (Å²) in [6.45, 7) is 3.31. The van der Waals surface area contributed by atoms with Crippen molar-refractivity contribution in [3.63, 3.8) is 0 Å². The zero-order valence-corrected chi connectivity index (χ0v) is 12.8. The largest absolute Gasteiger partial charge is 0.466 e. The Kier molecular flexibility index (Phi) is 3.78. The fourth-order valence-corrected chi connectivity index (χ4v) is 2.34. The van der Waals surface area contributed by atoms with Crippen molar-refractivity contribution in [2.75, 3.05) is 0 Å². The second kappa shape index (κ2) is 5.66. The lowest BCUT2D eigenvalue weighted by atomic mass is 10.2. The molecule has 0 saturated heterocycles. The Bertz CT molecular complexity index is 911. The Labute approximate surface area is 134 Å². The van der Waals surface area contributed by atoms with Gasteiger partial charge in [-0.3, -0.25) is 9.20 Å². The van der Waals surface area contributed by atoms with Crippen molar-refractivity contribution in [3.05, 3.63) is 52.9 Å². The summed E-state index contributed by atoms with van der Waals surface area (Å²) in [7, 11) is 0. The van der Waals surface area contributed by atoms with Crippen LogP contribution in [0.25, 0.3) is 5.65 Å². The van der Waals surface area contributed by atoms with Crippen molar-refractivity contribution >= 4 is 11.6 Å². The van der Waals surface area contributed by atoms with Crippen LogP contribution in [0.5, 0.6) is 0 Å². The summed E-state index contributed by atoms with van der Waals surface area (Å²) in [5.74, 6) is 0.867. The van der Waals surface area contributed by atoms with E-state index in [0.717, 1.165) is 12.3 Å². The molecule has 0 aromatic carbocycles. The third-order valence-electron chi connectivity index (χ3n) is 3.49. The molecule has 0 spiro atoms. The molecule has 3 heterocycles. The smallest absolute Gasteiger partial charge is 0.417 e. The zero-order valence-electron chi connectivity index (χ0n) is 12.8. The van der Waals surface area contributed by atoms with Crippen LogP contribution in [0.3, 0.4) is 0 Å². The van der Waals surface area contributed by atoms with Crippen LogP contribution in [0, 0.1) is 13.8 Å². The molecule has 0 saturated carbocycles. The monoisotopic (exact) mass is 338 g/mol. The minimum Gasteiger partial charge on any atom is -0.466 e. The predicted molar refractivity (Wildman–Crippen MR) is 77.3 cm³/mol. The van der Waals surface area contributed by atoms with Gasteiger partial charge in [-0.25, -0.2) is 0 Å². The molecular formula is C15H13F3N4O2. The highest BCUT2D eigenvalue weighted by Gasteiger charge is 2.31. The van der Waals surface area contributed by atoms with E-state index in [-0.39, 0.29) is 18.0 Å². The molecule has 9 heteroatoms. The Balaban J connectivity index is 1.82. The number of rotatable bonds is 3. The van der Waals surface area contributed by atoms with Gasteiger partial charge in [0.15, 0.2) is 11.5 Å². The molecule has 1 amide bonds. The number of pyridine rings is 1. The lowest BCUT2D eigenvalue weighted by molar-refractivity contribution is -0.137. The van der Waals surface area contributed by atoms with Gasteiger partial charge in [0.2, 0.25) is 0 Å². The van der Waals surface area contributed by atoms with E-state index in [1.807, 2.05) is 0 Å². The first kappa shape index (κ1) is 16.0. The number of amides is 1. The molecular weight excluding hydrogens is 325 g/mol. The van der Waals surface area contributed by atoms with E-state index >= 15 is 0 Å². The first-order valence-electron chi connectivity index (χ1n) is 7.02. The Morgan fingerprint density at radius 3 is 2.67 bits per heavy atom. The maximum atomic E-state index is 12.8. The molecule has 0 bridgehead atoms. The maximum Gasteiger partial charge on any atom is 0.417 e. The van der Waals surface area contributed by atoms with E-state index in [9.17, 15) is 18.0 Å². The highest BCUT2D eigenvalue weighted by Crippen LogP contribution is 2.29. The molecule has 0 unspecified atom stereocenters. The first-order chi connectivity index (χ1) is 11.3. The van der Waals surface area contributed by atoms with Crippen LogP contribution in [0.4, 0.5) is 13.2 Å². The maximum absolute atomic E-state index is 12.8. The SMILES string of the molecule is Cc1cc(C(=O)NCc2nnc3ccc(C(F)(F)F)cn23)c(C)o1. The van der Waals surface area contributed by atoms with Gasteiger partial charge < -0.3 is 9.73 Å². The summed E-state index contributed by atoms with van der Waals surface area (Å²) < 4.78 is 44.9. The lowest BCUT2D eigenvalue weighted by Gasteiger charge is -2.08. The Morgan fingerprint density at radius 1 is 1.29 bits per heavy atom. The van der Waals surface area contributed by atoms with E-state index in [4.69, 9.17) is 4.42 Å². The van der Waals surface area contributed by atoms with Gasteiger partial charge in [-0.05, 0) is 32.0 Å². The number of nitrogens with one attached hydrogen (secondary N) is 1. The summed E-state index contributed by atoms with van der Waals surface area (Å²) in [4.78, 5) is 12.1. The standard InChI is InChI=1S/C15H13F3N4O2/c1-8-5-11(9(2)24-8)14(23)19-6-13-21-20-12-4-3-10(7-22(12)13)15(16,17)18/h3-5,7H,6H2,1-2H3,(H,19,23). The zero-order chi connectivity index (χ0) is 17.5. The molecule has 3 aromatic rings. The number of alkyl halides is 3. The van der Waals surface area contributed by atoms with Crippen LogP contribution in [-0.2, 0) is 12.7 Å². The molecule has 24 heavy (non-hydrogen) atoms. The van der Waals surface area contributed by atoms with Crippen molar-refractivity contribution < 1.29 is 22.4 Å². The normalized spacial score (nSPS) is 11.9. The number of fused-ring (bicyclic) bond motifs is 1. The van der Waals surface area contributed by atoms with Crippen LogP contribution < -0.4 is 5.32 Å².